The van der Waals surface area contributed by atoms with Crippen LogP contribution < -0.4 is 9.62 Å². The van der Waals surface area contributed by atoms with E-state index in [0.717, 1.165) is 74.4 Å². The molecule has 34 heavy (non-hydrogen) atoms. The average molecular weight is 483 g/mol. The minimum atomic E-state index is -3.38. The number of aliphatic hydroxyl groups excluding tert-OH is 1. The number of rotatable bonds is 5. The summed E-state index contributed by atoms with van der Waals surface area (Å²) in [4.78, 5) is 15.6. The van der Waals surface area contributed by atoms with E-state index in [0.29, 0.717) is 17.8 Å². The smallest absolute Gasteiger partial charge is 0.258 e. The van der Waals surface area contributed by atoms with Crippen LogP contribution in [-0.4, -0.2) is 32.2 Å². The fraction of sp³-hybridized carbons (Fsp3) is 0.519. The number of aliphatic hydroxyl groups is 1. The number of nitrogens with one attached hydrogen (secondary N) is 1. The van der Waals surface area contributed by atoms with Gasteiger partial charge in [-0.1, -0.05) is 44.2 Å². The molecule has 1 spiro atoms. The number of hydrogen-bond acceptors (Lipinski definition) is 4. The maximum atomic E-state index is 13.8. The summed E-state index contributed by atoms with van der Waals surface area (Å²) < 4.78 is 26.2. The number of anilines is 2. The van der Waals surface area contributed by atoms with Gasteiger partial charge in [-0.2, -0.15) is 0 Å². The lowest BCUT2D eigenvalue weighted by Gasteiger charge is -2.34. The van der Waals surface area contributed by atoms with E-state index >= 15 is 0 Å². The van der Waals surface area contributed by atoms with Gasteiger partial charge in [-0.05, 0) is 73.1 Å². The second kappa shape index (κ2) is 9.00. The Labute approximate surface area is 202 Å². The first kappa shape index (κ1) is 23.4. The molecule has 182 valence electrons. The summed E-state index contributed by atoms with van der Waals surface area (Å²) in [5.41, 5.74) is 3.74. The summed E-state index contributed by atoms with van der Waals surface area (Å²) in [6.07, 6.45) is 10.4. The Morgan fingerprint density at radius 2 is 1.79 bits per heavy atom. The molecule has 2 aliphatic carbocycles. The van der Waals surface area contributed by atoms with Crippen LogP contribution in [0.25, 0.3) is 0 Å². The molecule has 2 aromatic rings. The molecule has 1 unspecified atom stereocenters. The molecule has 1 heterocycles. The minimum absolute atomic E-state index is 0.0620. The van der Waals surface area contributed by atoms with Gasteiger partial charge in [0.05, 0.1) is 12.4 Å². The molecular weight excluding hydrogens is 448 g/mol. The van der Waals surface area contributed by atoms with Crippen molar-refractivity contribution in [1.29, 1.82) is 0 Å². The van der Waals surface area contributed by atoms with Crippen molar-refractivity contribution in [2.75, 3.05) is 22.4 Å². The van der Waals surface area contributed by atoms with Crippen LogP contribution in [0.15, 0.2) is 42.5 Å². The average Bonchev–Trinajstić information content (AvgIpc) is 3.45. The quantitative estimate of drug-likeness (QED) is 0.617. The van der Waals surface area contributed by atoms with Gasteiger partial charge in [0.1, 0.15) is 0 Å². The normalized spacial score (nSPS) is 20.9. The molecule has 2 N–H and O–H groups in total. The van der Waals surface area contributed by atoms with Crippen LogP contribution in [0.5, 0.6) is 0 Å². The van der Waals surface area contributed by atoms with Crippen LogP contribution in [0.4, 0.5) is 11.4 Å². The zero-order valence-corrected chi connectivity index (χ0v) is 20.6. The Balaban J connectivity index is 1.48. The molecule has 3 aliphatic rings. The highest BCUT2D eigenvalue weighted by atomic mass is 32.2. The molecule has 0 bridgehead atoms. The first-order valence-electron chi connectivity index (χ1n) is 12.5. The number of carbonyl (C=O) groups is 1. The number of sulfonamides is 1. The summed E-state index contributed by atoms with van der Waals surface area (Å²) in [6.45, 7) is 0.610. The zero-order chi connectivity index (χ0) is 23.9. The summed E-state index contributed by atoms with van der Waals surface area (Å²) in [5.74, 6) is 0.206. The largest absolute Gasteiger partial charge is 0.388 e. The number of benzene rings is 2. The van der Waals surface area contributed by atoms with E-state index in [2.05, 4.69) is 4.72 Å². The molecule has 2 fully saturated rings. The van der Waals surface area contributed by atoms with Crippen molar-refractivity contribution in [3.05, 3.63) is 59.2 Å². The van der Waals surface area contributed by atoms with Gasteiger partial charge in [0.2, 0.25) is 10.0 Å². The standard InChI is InChI=1S/C27H34N2O4S/c1-34(32,33)28-22-12-13-24-23(17-22)27(14-5-2-6-15-27)18-29(24)26(31)21-11-7-10-20(16-21)25(30)19-8-3-4-9-19/h7,10-13,16-17,19,25,28,30H,2-6,8-9,14-15,18H2,1H3. The molecule has 2 aromatic carbocycles. The highest BCUT2D eigenvalue weighted by Gasteiger charge is 2.45. The summed E-state index contributed by atoms with van der Waals surface area (Å²) in [6, 6.07) is 13.0. The molecule has 5 rings (SSSR count). The Hall–Kier alpha value is -2.38. The van der Waals surface area contributed by atoms with E-state index < -0.39 is 16.1 Å². The molecule has 1 aliphatic heterocycles. The van der Waals surface area contributed by atoms with Gasteiger partial charge in [0.25, 0.3) is 5.91 Å². The van der Waals surface area contributed by atoms with Crippen LogP contribution in [0.2, 0.25) is 0 Å². The summed E-state index contributed by atoms with van der Waals surface area (Å²) in [7, 11) is -3.38. The van der Waals surface area contributed by atoms with Crippen molar-refractivity contribution >= 4 is 27.3 Å². The molecule has 0 radical (unpaired) electrons. The summed E-state index contributed by atoms with van der Waals surface area (Å²) in [5, 5.41) is 10.9. The Morgan fingerprint density at radius 3 is 2.50 bits per heavy atom. The van der Waals surface area contributed by atoms with Gasteiger partial charge in [0, 0.05) is 28.9 Å². The second-order valence-electron chi connectivity index (χ2n) is 10.5. The van der Waals surface area contributed by atoms with Crippen molar-refractivity contribution in [3.8, 4) is 0 Å². The molecule has 1 amide bonds. The van der Waals surface area contributed by atoms with Gasteiger partial charge in [-0.3, -0.25) is 9.52 Å². The van der Waals surface area contributed by atoms with Crippen LogP contribution in [-0.2, 0) is 15.4 Å². The third-order valence-corrected chi connectivity index (χ3v) is 8.61. The fourth-order valence-corrected chi connectivity index (χ4v) is 6.90. The second-order valence-corrected chi connectivity index (χ2v) is 12.2. The van der Waals surface area contributed by atoms with Gasteiger partial charge in [-0.25, -0.2) is 8.42 Å². The topological polar surface area (TPSA) is 86.7 Å². The third kappa shape index (κ3) is 4.48. The highest BCUT2D eigenvalue weighted by Crippen LogP contribution is 2.50. The number of hydrogen-bond donors (Lipinski definition) is 2. The molecule has 0 aromatic heterocycles. The molecule has 6 nitrogen and oxygen atoms in total. The molecule has 0 saturated heterocycles. The van der Waals surface area contributed by atoms with Gasteiger partial charge in [0.15, 0.2) is 0 Å². The highest BCUT2D eigenvalue weighted by molar-refractivity contribution is 7.92. The van der Waals surface area contributed by atoms with E-state index in [1.807, 2.05) is 41.3 Å². The lowest BCUT2D eigenvalue weighted by Crippen LogP contribution is -2.38. The molecule has 1 atom stereocenters. The Kier molecular flexibility index (Phi) is 6.19. The van der Waals surface area contributed by atoms with Crippen LogP contribution in [0.1, 0.15) is 85.4 Å². The van der Waals surface area contributed by atoms with Gasteiger partial charge in [-0.15, -0.1) is 0 Å². The lowest BCUT2D eigenvalue weighted by molar-refractivity contribution is 0.0980. The predicted molar refractivity (Wildman–Crippen MR) is 135 cm³/mol. The number of nitrogens with zero attached hydrogens (tertiary/aromatic N) is 1. The molecular formula is C27H34N2O4S. The maximum Gasteiger partial charge on any atom is 0.258 e. The van der Waals surface area contributed by atoms with Crippen LogP contribution >= 0.6 is 0 Å². The monoisotopic (exact) mass is 482 g/mol. The van der Waals surface area contributed by atoms with Crippen molar-refractivity contribution in [1.82, 2.24) is 0 Å². The molecule has 2 saturated carbocycles. The molecule has 7 heteroatoms. The Morgan fingerprint density at radius 1 is 1.06 bits per heavy atom. The van der Waals surface area contributed by atoms with E-state index in [9.17, 15) is 18.3 Å². The van der Waals surface area contributed by atoms with Crippen molar-refractivity contribution in [2.24, 2.45) is 5.92 Å². The van der Waals surface area contributed by atoms with E-state index in [1.165, 1.54) is 6.42 Å². The van der Waals surface area contributed by atoms with Crippen molar-refractivity contribution in [3.63, 3.8) is 0 Å². The SMILES string of the molecule is CS(=O)(=O)Nc1ccc2c(c1)C1(CCCCC1)CN2C(=O)c1cccc(C(O)C2CCCC2)c1. The first-order chi connectivity index (χ1) is 16.3. The maximum absolute atomic E-state index is 13.8. The van der Waals surface area contributed by atoms with E-state index in [1.54, 1.807) is 6.07 Å². The number of amides is 1. The van der Waals surface area contributed by atoms with Gasteiger partial charge >= 0.3 is 0 Å². The summed E-state index contributed by atoms with van der Waals surface area (Å²) >= 11 is 0. The first-order valence-corrected chi connectivity index (χ1v) is 14.4. The zero-order valence-electron chi connectivity index (χ0n) is 19.8. The lowest BCUT2D eigenvalue weighted by atomic mass is 9.70. The van der Waals surface area contributed by atoms with E-state index in [-0.39, 0.29) is 17.2 Å². The fourth-order valence-electron chi connectivity index (χ4n) is 6.34. The number of carbonyl (C=O) groups excluding carboxylic acids is 1. The number of fused-ring (bicyclic) bond motifs is 2. The third-order valence-electron chi connectivity index (χ3n) is 8.00. The van der Waals surface area contributed by atoms with Crippen molar-refractivity contribution < 1.29 is 18.3 Å². The van der Waals surface area contributed by atoms with Crippen LogP contribution in [0.3, 0.4) is 0 Å². The van der Waals surface area contributed by atoms with E-state index in [4.69, 9.17) is 0 Å². The van der Waals surface area contributed by atoms with Crippen LogP contribution in [0, 0.1) is 5.92 Å². The predicted octanol–water partition coefficient (Wildman–Crippen LogP) is 5.14. The van der Waals surface area contributed by atoms with Gasteiger partial charge < -0.3 is 10.0 Å². The van der Waals surface area contributed by atoms with Crippen molar-refractivity contribution in [2.45, 2.75) is 69.3 Å². The Bertz CT molecular complexity index is 1180. The minimum Gasteiger partial charge on any atom is -0.388 e.